The Kier molecular flexibility index (Phi) is 11.3. The number of pyridine rings is 1. The summed E-state index contributed by atoms with van der Waals surface area (Å²) in [5.41, 5.74) is 3.13. The molecule has 0 aliphatic rings. The third-order valence-electron chi connectivity index (χ3n) is 6.19. The fourth-order valence-electron chi connectivity index (χ4n) is 4.07. The summed E-state index contributed by atoms with van der Waals surface area (Å²) in [5, 5.41) is 36.6. The van der Waals surface area contributed by atoms with Crippen LogP contribution in [-0.2, 0) is 11.4 Å². The van der Waals surface area contributed by atoms with Crippen molar-refractivity contribution in [3.63, 3.8) is 0 Å². The second-order valence-corrected chi connectivity index (χ2v) is 12.6. The number of aliphatic hydroxyl groups is 2. The van der Waals surface area contributed by atoms with Gasteiger partial charge in [0.25, 0.3) is 0 Å². The highest BCUT2D eigenvalue weighted by Crippen LogP contribution is 2.34. The second kappa shape index (κ2) is 15.1. The summed E-state index contributed by atoms with van der Waals surface area (Å²) >= 11 is 7.76. The minimum Gasteiger partial charge on any atom is -0.487 e. The number of anilines is 3. The average Bonchev–Trinajstić information content (AvgIpc) is 2.96. The first kappa shape index (κ1) is 32.1. The van der Waals surface area contributed by atoms with E-state index in [1.807, 2.05) is 0 Å². The minimum atomic E-state index is -0.451. The van der Waals surface area contributed by atoms with Gasteiger partial charge in [-0.25, -0.2) is 4.39 Å². The number of nitrogens with zero attached hydrogens (tertiary/aromatic N) is 2. The van der Waals surface area contributed by atoms with Crippen molar-refractivity contribution in [2.45, 2.75) is 20.5 Å². The molecule has 224 valence electrons. The number of rotatable bonds is 11. The zero-order valence-electron chi connectivity index (χ0n) is 23.3. The molecule has 0 aliphatic heterocycles. The standard InChI is InChI=1S/C31H30ClFN4O4S2/c1-18(38)42-16-22(17-43-19(2)39)31(40)37-24-6-8-28-26(11-24)30(21(13-34)14-35-28)36-25-7-9-29(27(32)12-25)41-15-20-4-3-5-23(33)10-20/h3-12,14,22,38-39,42-43H,15-17H2,1-2H3,(H,35,36)(H,37,40). The van der Waals surface area contributed by atoms with Crippen molar-refractivity contribution in [1.29, 1.82) is 5.26 Å². The van der Waals surface area contributed by atoms with Gasteiger partial charge in [0.15, 0.2) is 0 Å². The Morgan fingerprint density at radius 3 is 2.44 bits per heavy atom. The molecule has 12 heteroatoms. The predicted octanol–water partition coefficient (Wildman–Crippen LogP) is 7.12. The Balaban J connectivity index is 1.58. The topological polar surface area (TPSA) is 128 Å². The summed E-state index contributed by atoms with van der Waals surface area (Å²) < 4.78 is 19.3. The van der Waals surface area contributed by atoms with E-state index in [9.17, 15) is 24.7 Å². The van der Waals surface area contributed by atoms with E-state index >= 15 is 0 Å². The summed E-state index contributed by atoms with van der Waals surface area (Å²) in [7, 11) is 0. The molecule has 0 bridgehead atoms. The van der Waals surface area contributed by atoms with E-state index in [1.54, 1.807) is 62.4 Å². The molecule has 4 aromatic rings. The van der Waals surface area contributed by atoms with Crippen molar-refractivity contribution in [1.82, 2.24) is 4.98 Å². The molecule has 43 heavy (non-hydrogen) atoms. The van der Waals surface area contributed by atoms with Gasteiger partial charge in [-0.15, -0.1) is 0 Å². The molecule has 3 aromatic carbocycles. The van der Waals surface area contributed by atoms with Crippen LogP contribution in [-0.4, -0.2) is 42.7 Å². The Labute approximate surface area is 261 Å². The molecule has 4 rings (SSSR count). The number of nitriles is 1. The quantitative estimate of drug-likeness (QED) is 0.0761. The number of fused-ring (bicyclic) bond motifs is 1. The van der Waals surface area contributed by atoms with E-state index in [2.05, 4.69) is 21.7 Å². The number of thiol groups is 2. The van der Waals surface area contributed by atoms with Crippen LogP contribution >= 0.6 is 34.3 Å². The summed E-state index contributed by atoms with van der Waals surface area (Å²) in [6, 6.07) is 18.6. The van der Waals surface area contributed by atoms with Crippen LogP contribution in [0.25, 0.3) is 10.9 Å². The molecule has 0 spiro atoms. The maximum Gasteiger partial charge on any atom is 0.229 e. The van der Waals surface area contributed by atoms with E-state index < -0.39 is 5.92 Å². The highest BCUT2D eigenvalue weighted by atomic mass is 35.5. The Hall–Kier alpha value is -3.79. The SMILES string of the molecule is CC(O)=[SH]CC(C[SH]=C(C)O)C(=O)Nc1ccc2ncc(C#N)c(Nc3ccc(OCc4cccc(F)c4)c(Cl)c3)c2c1. The molecule has 8 nitrogen and oxygen atoms in total. The third-order valence-corrected chi connectivity index (χ3v) is 8.65. The van der Waals surface area contributed by atoms with Crippen LogP contribution < -0.4 is 15.4 Å². The van der Waals surface area contributed by atoms with E-state index in [0.29, 0.717) is 78.5 Å². The number of halogens is 2. The van der Waals surface area contributed by atoms with E-state index in [-0.39, 0.29) is 34.0 Å². The number of nitrogens with one attached hydrogen (secondary N) is 2. The molecule has 1 heterocycles. The molecule has 4 N–H and O–H groups in total. The van der Waals surface area contributed by atoms with Gasteiger partial charge in [0.2, 0.25) is 5.91 Å². The number of hydrogen-bond acceptors (Lipinski definition) is 5. The molecule has 0 unspecified atom stereocenters. The maximum absolute atomic E-state index is 13.5. The number of carbonyl (C=O) groups is 1. The van der Waals surface area contributed by atoms with E-state index in [0.717, 1.165) is 0 Å². The van der Waals surface area contributed by atoms with Crippen molar-refractivity contribution in [2.24, 2.45) is 5.92 Å². The first-order valence-corrected chi connectivity index (χ1v) is 15.6. The van der Waals surface area contributed by atoms with Crippen molar-refractivity contribution < 1.29 is 24.1 Å². The molecule has 0 saturated heterocycles. The molecular weight excluding hydrogens is 611 g/mol. The van der Waals surface area contributed by atoms with Gasteiger partial charge >= 0.3 is 0 Å². The van der Waals surface area contributed by atoms with Crippen molar-refractivity contribution >= 4 is 78.3 Å². The van der Waals surface area contributed by atoms with Crippen LogP contribution in [0.4, 0.5) is 21.5 Å². The molecule has 0 radical (unpaired) electrons. The average molecular weight is 641 g/mol. The summed E-state index contributed by atoms with van der Waals surface area (Å²) in [6.07, 6.45) is 1.47. The predicted molar refractivity (Wildman–Crippen MR) is 178 cm³/mol. The number of hydrogen-bond donors (Lipinski definition) is 6. The number of benzene rings is 3. The Bertz CT molecular complexity index is 1730. The second-order valence-electron chi connectivity index (χ2n) is 9.54. The third kappa shape index (κ3) is 9.10. The number of carbonyl (C=O) groups excluding carboxylic acids is 1. The smallest absolute Gasteiger partial charge is 0.229 e. The van der Waals surface area contributed by atoms with Gasteiger partial charge in [-0.3, -0.25) is 9.78 Å². The van der Waals surface area contributed by atoms with Crippen LogP contribution in [0.5, 0.6) is 5.75 Å². The first-order valence-electron chi connectivity index (χ1n) is 13.1. The van der Waals surface area contributed by atoms with Crippen LogP contribution in [0.3, 0.4) is 0 Å². The highest BCUT2D eigenvalue weighted by molar-refractivity contribution is 7.99. The fourth-order valence-corrected chi connectivity index (χ4v) is 6.07. The zero-order chi connectivity index (χ0) is 30.9. The lowest BCUT2D eigenvalue weighted by molar-refractivity contribution is -0.118. The number of amides is 1. The Morgan fingerprint density at radius 1 is 1.07 bits per heavy atom. The highest BCUT2D eigenvalue weighted by Gasteiger charge is 2.18. The number of aromatic nitrogens is 1. The lowest BCUT2D eigenvalue weighted by Crippen LogP contribution is -2.26. The van der Waals surface area contributed by atoms with Gasteiger partial charge in [-0.2, -0.15) is 28.0 Å². The number of ether oxygens (including phenoxy) is 1. The van der Waals surface area contributed by atoms with Crippen molar-refractivity contribution in [3.05, 3.63) is 88.8 Å². The molecule has 0 aliphatic carbocycles. The molecule has 1 aromatic heterocycles. The van der Waals surface area contributed by atoms with E-state index in [4.69, 9.17) is 16.3 Å². The van der Waals surface area contributed by atoms with E-state index in [1.165, 1.54) is 18.3 Å². The first-order chi connectivity index (χ1) is 20.6. The fraction of sp³-hybridized carbons (Fsp3) is 0.194. The maximum atomic E-state index is 13.5. The molecule has 0 saturated carbocycles. The van der Waals surface area contributed by atoms with Crippen molar-refractivity contribution in [2.75, 3.05) is 22.1 Å². The molecule has 1 amide bonds. The monoisotopic (exact) mass is 640 g/mol. The lowest BCUT2D eigenvalue weighted by Gasteiger charge is -2.16. The van der Waals surface area contributed by atoms with Gasteiger partial charge < -0.3 is 25.6 Å². The summed E-state index contributed by atoms with van der Waals surface area (Å²) in [6.45, 7) is 3.30. The Morgan fingerprint density at radius 2 is 1.79 bits per heavy atom. The molecule has 0 fully saturated rings. The van der Waals surface area contributed by atoms with Crippen LogP contribution in [0.1, 0.15) is 25.0 Å². The normalized spacial score (nSPS) is 12.9. The summed E-state index contributed by atoms with van der Waals surface area (Å²) in [5.74, 6) is 0.166. The minimum absolute atomic E-state index is 0.141. The van der Waals surface area contributed by atoms with Crippen LogP contribution in [0, 0.1) is 23.1 Å². The van der Waals surface area contributed by atoms with Gasteiger partial charge in [-0.1, -0.05) is 23.7 Å². The van der Waals surface area contributed by atoms with Gasteiger partial charge in [0.05, 0.1) is 37.8 Å². The lowest BCUT2D eigenvalue weighted by atomic mass is 10.1. The molecular formula is C31H30ClFN4O4S2. The van der Waals surface area contributed by atoms with Crippen LogP contribution in [0.15, 0.2) is 66.9 Å². The zero-order valence-corrected chi connectivity index (χ0v) is 25.9. The summed E-state index contributed by atoms with van der Waals surface area (Å²) in [4.78, 5) is 17.6. The van der Waals surface area contributed by atoms with Gasteiger partial charge in [0.1, 0.15) is 24.2 Å². The largest absolute Gasteiger partial charge is 0.487 e. The molecule has 0 atom stereocenters. The van der Waals surface area contributed by atoms with Gasteiger partial charge in [0, 0.05) is 23.0 Å². The van der Waals surface area contributed by atoms with Crippen molar-refractivity contribution in [3.8, 4) is 11.8 Å². The van der Waals surface area contributed by atoms with Crippen LogP contribution in [0.2, 0.25) is 5.02 Å². The van der Waals surface area contributed by atoms with Gasteiger partial charge in [-0.05, 0) is 79.4 Å². The number of aliphatic hydroxyl groups excluding tert-OH is 2.